The zero-order chi connectivity index (χ0) is 24.3. The molecule has 0 radical (unpaired) electrons. The molecule has 6 rings (SSSR count). The van der Waals surface area contributed by atoms with Gasteiger partial charge in [-0.3, -0.25) is 39.2 Å². The second kappa shape index (κ2) is 8.39. The van der Waals surface area contributed by atoms with Gasteiger partial charge in [0.05, 0.1) is 17.7 Å². The fourth-order valence-corrected chi connectivity index (χ4v) is 6.64. The summed E-state index contributed by atoms with van der Waals surface area (Å²) in [5, 5.41) is 11.4. The summed E-state index contributed by atoms with van der Waals surface area (Å²) in [4.78, 5) is 58.1. The number of aliphatic hydroxyl groups excluding tert-OH is 1. The third kappa shape index (κ3) is 3.57. The predicted molar refractivity (Wildman–Crippen MR) is 126 cm³/mol. The molecule has 0 aromatic heterocycles. The molecule has 2 N–H and O–H groups in total. The number of piperidine rings is 2. The van der Waals surface area contributed by atoms with E-state index in [2.05, 4.69) is 20.0 Å². The van der Waals surface area contributed by atoms with Gasteiger partial charge in [-0.1, -0.05) is 0 Å². The number of carbonyl (C=O) groups excluding carboxylic acids is 4. The molecular formula is C25H31N5O5. The van der Waals surface area contributed by atoms with Crippen molar-refractivity contribution in [3.8, 4) is 0 Å². The Kier molecular flexibility index (Phi) is 5.43. The molecule has 10 nitrogen and oxygen atoms in total. The number of benzene rings is 1. The SMILES string of the molecule is O=C1CC[C@H](N2C(=O)c3ccc(N4CCC(N5CCC56CN(CCO)C6)CC4)cc3C2=O)C(=O)N1. The van der Waals surface area contributed by atoms with E-state index in [9.17, 15) is 24.3 Å². The largest absolute Gasteiger partial charge is 0.395 e. The Morgan fingerprint density at radius 3 is 2.37 bits per heavy atom. The summed E-state index contributed by atoms with van der Waals surface area (Å²) in [5.74, 6) is -1.90. The molecule has 4 fully saturated rings. The van der Waals surface area contributed by atoms with Crippen LogP contribution in [0, 0.1) is 0 Å². The minimum Gasteiger partial charge on any atom is -0.395 e. The summed E-state index contributed by atoms with van der Waals surface area (Å²) in [6, 6.07) is 4.98. The van der Waals surface area contributed by atoms with Crippen molar-refractivity contribution in [2.45, 2.75) is 49.7 Å². The number of hydrogen-bond donors (Lipinski definition) is 2. The predicted octanol–water partition coefficient (Wildman–Crippen LogP) is -0.191. The number of nitrogens with one attached hydrogen (secondary N) is 1. The van der Waals surface area contributed by atoms with E-state index in [1.54, 1.807) is 12.1 Å². The molecule has 1 aromatic carbocycles. The first kappa shape index (κ1) is 22.6. The van der Waals surface area contributed by atoms with Crippen molar-refractivity contribution in [3.63, 3.8) is 0 Å². The highest BCUT2D eigenvalue weighted by Gasteiger charge is 2.55. The number of rotatable bonds is 5. The van der Waals surface area contributed by atoms with Crippen LogP contribution in [-0.4, -0.2) is 107 Å². The number of anilines is 1. The molecule has 0 bridgehead atoms. The summed E-state index contributed by atoms with van der Waals surface area (Å²) >= 11 is 0. The Morgan fingerprint density at radius 2 is 1.71 bits per heavy atom. The summed E-state index contributed by atoms with van der Waals surface area (Å²) in [5.41, 5.74) is 1.88. The minimum absolute atomic E-state index is 0.113. The van der Waals surface area contributed by atoms with E-state index in [1.807, 2.05) is 6.07 Å². The molecule has 1 aromatic rings. The lowest BCUT2D eigenvalue weighted by atomic mass is 9.75. The van der Waals surface area contributed by atoms with Crippen molar-refractivity contribution < 1.29 is 24.3 Å². The number of likely N-dealkylation sites (tertiary alicyclic amines) is 2. The average Bonchev–Trinajstić information content (AvgIpc) is 3.05. The van der Waals surface area contributed by atoms with Gasteiger partial charge in [0.15, 0.2) is 0 Å². The molecule has 5 aliphatic heterocycles. The topological polar surface area (TPSA) is 114 Å². The van der Waals surface area contributed by atoms with E-state index in [1.165, 1.54) is 6.42 Å². The number of nitrogens with zero attached hydrogens (tertiary/aromatic N) is 4. The zero-order valence-corrected chi connectivity index (χ0v) is 19.7. The number of amides is 4. The van der Waals surface area contributed by atoms with Crippen molar-refractivity contribution >= 4 is 29.3 Å². The van der Waals surface area contributed by atoms with Crippen LogP contribution in [0.25, 0.3) is 0 Å². The van der Waals surface area contributed by atoms with Gasteiger partial charge in [0, 0.05) is 63.0 Å². The van der Waals surface area contributed by atoms with Crippen LogP contribution in [0.2, 0.25) is 0 Å². The van der Waals surface area contributed by atoms with E-state index in [0.717, 1.165) is 62.7 Å². The van der Waals surface area contributed by atoms with Crippen LogP contribution < -0.4 is 10.2 Å². The summed E-state index contributed by atoms with van der Waals surface area (Å²) in [7, 11) is 0. The van der Waals surface area contributed by atoms with Gasteiger partial charge in [-0.25, -0.2) is 0 Å². The maximum Gasteiger partial charge on any atom is 0.262 e. The molecule has 0 unspecified atom stereocenters. The normalized spacial score (nSPS) is 27.2. The van der Waals surface area contributed by atoms with E-state index in [0.29, 0.717) is 22.7 Å². The van der Waals surface area contributed by atoms with Crippen LogP contribution in [0.4, 0.5) is 5.69 Å². The van der Waals surface area contributed by atoms with Crippen LogP contribution >= 0.6 is 0 Å². The van der Waals surface area contributed by atoms with E-state index < -0.39 is 23.8 Å². The van der Waals surface area contributed by atoms with Gasteiger partial charge in [0.2, 0.25) is 11.8 Å². The summed E-state index contributed by atoms with van der Waals surface area (Å²) in [6.45, 7) is 5.99. The Hall–Kier alpha value is -2.82. The van der Waals surface area contributed by atoms with Gasteiger partial charge < -0.3 is 10.0 Å². The molecule has 35 heavy (non-hydrogen) atoms. The Balaban J connectivity index is 1.11. The quantitative estimate of drug-likeness (QED) is 0.557. The highest BCUT2D eigenvalue weighted by molar-refractivity contribution is 6.23. The van der Waals surface area contributed by atoms with Crippen LogP contribution in [0.3, 0.4) is 0 Å². The Labute approximate surface area is 203 Å². The first-order chi connectivity index (χ1) is 16.9. The van der Waals surface area contributed by atoms with Crippen LogP contribution in [-0.2, 0) is 9.59 Å². The van der Waals surface area contributed by atoms with Gasteiger partial charge in [-0.15, -0.1) is 0 Å². The van der Waals surface area contributed by atoms with E-state index in [-0.39, 0.29) is 25.4 Å². The second-order valence-corrected chi connectivity index (χ2v) is 10.5. The third-order valence-electron chi connectivity index (χ3n) is 8.57. The number of carbonyl (C=O) groups is 4. The fraction of sp³-hybridized carbons (Fsp3) is 0.600. The molecule has 1 atom stereocenters. The first-order valence-corrected chi connectivity index (χ1v) is 12.6. The number of imide groups is 2. The minimum atomic E-state index is -0.942. The van der Waals surface area contributed by atoms with Gasteiger partial charge in [0.1, 0.15) is 6.04 Å². The lowest BCUT2D eigenvalue weighted by Gasteiger charge is -2.65. The van der Waals surface area contributed by atoms with E-state index >= 15 is 0 Å². The smallest absolute Gasteiger partial charge is 0.262 e. The molecule has 5 heterocycles. The van der Waals surface area contributed by atoms with Gasteiger partial charge >= 0.3 is 0 Å². The monoisotopic (exact) mass is 481 g/mol. The zero-order valence-electron chi connectivity index (χ0n) is 19.7. The second-order valence-electron chi connectivity index (χ2n) is 10.5. The molecule has 186 valence electrons. The maximum absolute atomic E-state index is 13.1. The number of β-amino-alcohol motifs (C(OH)–C–C–N with tert-alkyl or cyclic N) is 1. The van der Waals surface area contributed by atoms with Crippen molar-refractivity contribution in [2.75, 3.05) is 50.8 Å². The number of fused-ring (bicyclic) bond motifs is 1. The third-order valence-corrected chi connectivity index (χ3v) is 8.57. The molecule has 10 heteroatoms. The molecule has 5 aliphatic rings. The first-order valence-electron chi connectivity index (χ1n) is 12.6. The van der Waals surface area contributed by atoms with Crippen molar-refractivity contribution in [1.29, 1.82) is 0 Å². The van der Waals surface area contributed by atoms with Crippen molar-refractivity contribution in [3.05, 3.63) is 29.3 Å². The summed E-state index contributed by atoms with van der Waals surface area (Å²) in [6.07, 6.45) is 3.61. The fourth-order valence-electron chi connectivity index (χ4n) is 6.64. The molecule has 4 saturated heterocycles. The van der Waals surface area contributed by atoms with Crippen LogP contribution in [0.1, 0.15) is 52.8 Å². The molecular weight excluding hydrogens is 450 g/mol. The van der Waals surface area contributed by atoms with Crippen LogP contribution in [0.5, 0.6) is 0 Å². The molecule has 0 saturated carbocycles. The van der Waals surface area contributed by atoms with Crippen molar-refractivity contribution in [2.24, 2.45) is 0 Å². The Bertz CT molecular complexity index is 1090. The van der Waals surface area contributed by atoms with Gasteiger partial charge in [-0.05, 0) is 43.9 Å². The van der Waals surface area contributed by atoms with Gasteiger partial charge in [0.25, 0.3) is 11.8 Å². The highest BCUT2D eigenvalue weighted by atomic mass is 16.3. The number of hydrogen-bond acceptors (Lipinski definition) is 8. The lowest BCUT2D eigenvalue weighted by molar-refractivity contribution is -0.148. The summed E-state index contributed by atoms with van der Waals surface area (Å²) < 4.78 is 0. The number of aliphatic hydroxyl groups is 1. The molecule has 0 aliphatic carbocycles. The lowest BCUT2D eigenvalue weighted by Crippen LogP contribution is -2.78. The average molecular weight is 482 g/mol. The van der Waals surface area contributed by atoms with E-state index in [4.69, 9.17) is 0 Å². The standard InChI is InChI=1S/C25H31N5O5/c31-12-11-27-14-25(15-27)7-10-29(25)16-5-8-28(9-6-16)17-1-2-18-19(13-17)24(35)30(23(18)34)20-3-4-21(32)26-22(20)33/h1-2,13,16,20,31H,3-12,14-15H2,(H,26,32,33)/t20-/m0/s1. The molecule has 4 amide bonds. The van der Waals surface area contributed by atoms with Gasteiger partial charge in [-0.2, -0.15) is 0 Å². The molecule has 1 spiro atoms. The van der Waals surface area contributed by atoms with Crippen molar-refractivity contribution in [1.82, 2.24) is 20.0 Å². The Morgan fingerprint density at radius 1 is 0.971 bits per heavy atom. The maximum atomic E-state index is 13.1. The van der Waals surface area contributed by atoms with Crippen LogP contribution in [0.15, 0.2) is 18.2 Å². The highest BCUT2D eigenvalue weighted by Crippen LogP contribution is 2.42.